The van der Waals surface area contributed by atoms with E-state index in [-0.39, 0.29) is 47.0 Å². The van der Waals surface area contributed by atoms with E-state index in [0.717, 1.165) is 0 Å². The van der Waals surface area contributed by atoms with E-state index in [1.54, 1.807) is 6.07 Å². The number of benzene rings is 1. The first-order valence-electron chi connectivity index (χ1n) is 10.0. The molecule has 0 spiro atoms. The summed E-state index contributed by atoms with van der Waals surface area (Å²) >= 11 is 0. The van der Waals surface area contributed by atoms with Crippen molar-refractivity contribution in [1.82, 2.24) is 20.5 Å². The molecule has 1 aromatic carbocycles. The van der Waals surface area contributed by atoms with Gasteiger partial charge in [0.05, 0.1) is 26.3 Å². The number of pyridine rings is 1. The Kier molecular flexibility index (Phi) is 4.74. The Morgan fingerprint density at radius 1 is 1.24 bits per heavy atom. The highest BCUT2D eigenvalue weighted by molar-refractivity contribution is 6.08. The lowest BCUT2D eigenvalue weighted by atomic mass is 9.95. The molecule has 12 heteroatoms. The molecule has 0 bridgehead atoms. The van der Waals surface area contributed by atoms with Crippen LogP contribution in [0.3, 0.4) is 0 Å². The third-order valence-corrected chi connectivity index (χ3v) is 5.83. The van der Waals surface area contributed by atoms with E-state index in [2.05, 4.69) is 20.4 Å². The monoisotopic (exact) mass is 468 g/mol. The zero-order valence-corrected chi connectivity index (χ0v) is 17.9. The van der Waals surface area contributed by atoms with Crippen molar-refractivity contribution >= 4 is 34.9 Å². The minimum atomic E-state index is -1.80. The molecule has 1 fully saturated rings. The van der Waals surface area contributed by atoms with Crippen molar-refractivity contribution in [3.05, 3.63) is 58.7 Å². The number of carbonyl (C=O) groups is 4. The van der Waals surface area contributed by atoms with Crippen LogP contribution in [-0.4, -0.2) is 54.5 Å². The van der Waals surface area contributed by atoms with Gasteiger partial charge in [-0.2, -0.15) is 0 Å². The second-order valence-corrected chi connectivity index (χ2v) is 7.77. The summed E-state index contributed by atoms with van der Waals surface area (Å²) < 4.78 is 30.2. The van der Waals surface area contributed by atoms with Gasteiger partial charge in [-0.15, -0.1) is 0 Å². The number of carbonyl (C=O) groups excluding carboxylic acids is 4. The standard InChI is InChI=1S/C22H17FN4O7/c1-32-14-5-3-10-8-27(18(28)16(10)17(14)23)9-22(20(30)25-21(31)26-22)15-7-12-13(34-15)6-4-11(24-12)19(29)33-2/h3-7H,8-9H2,1-2H3,(H2,25,26,30,31)/t22-/m0/s1. The fourth-order valence-corrected chi connectivity index (χ4v) is 4.17. The van der Waals surface area contributed by atoms with Gasteiger partial charge in [0.15, 0.2) is 22.7 Å². The number of halogens is 1. The number of aromatic nitrogens is 1. The molecule has 2 aliphatic rings. The van der Waals surface area contributed by atoms with Crippen LogP contribution in [0.1, 0.15) is 32.2 Å². The van der Waals surface area contributed by atoms with Gasteiger partial charge in [-0.1, -0.05) is 6.07 Å². The van der Waals surface area contributed by atoms with Gasteiger partial charge in [0, 0.05) is 12.6 Å². The maximum atomic E-state index is 14.8. The smallest absolute Gasteiger partial charge is 0.356 e. The molecule has 3 aromatic rings. The Labute approximate surface area is 190 Å². The maximum absolute atomic E-state index is 14.8. The van der Waals surface area contributed by atoms with Crippen molar-refractivity contribution in [1.29, 1.82) is 0 Å². The number of methoxy groups -OCH3 is 2. The number of nitrogens with zero attached hydrogens (tertiary/aromatic N) is 2. The number of amides is 4. The first kappa shape index (κ1) is 21.4. The lowest BCUT2D eigenvalue weighted by molar-refractivity contribution is -0.125. The maximum Gasteiger partial charge on any atom is 0.356 e. The van der Waals surface area contributed by atoms with E-state index in [0.29, 0.717) is 5.56 Å². The van der Waals surface area contributed by atoms with Crippen LogP contribution in [0.15, 0.2) is 34.7 Å². The van der Waals surface area contributed by atoms with Crippen molar-refractivity contribution in [2.24, 2.45) is 0 Å². The normalized spacial score (nSPS) is 19.3. The van der Waals surface area contributed by atoms with Crippen LogP contribution in [0.25, 0.3) is 11.1 Å². The first-order chi connectivity index (χ1) is 16.3. The lowest BCUT2D eigenvalue weighted by Crippen LogP contribution is -2.52. The summed E-state index contributed by atoms with van der Waals surface area (Å²) in [6.45, 7) is -0.339. The highest BCUT2D eigenvalue weighted by Gasteiger charge is 2.53. The second kappa shape index (κ2) is 7.54. The zero-order valence-electron chi connectivity index (χ0n) is 17.9. The van der Waals surface area contributed by atoms with Crippen LogP contribution < -0.4 is 15.4 Å². The number of rotatable bonds is 5. The molecule has 0 aliphatic carbocycles. The number of ether oxygens (including phenoxy) is 2. The Morgan fingerprint density at radius 3 is 2.71 bits per heavy atom. The van der Waals surface area contributed by atoms with Crippen molar-refractivity contribution < 1.29 is 37.5 Å². The van der Waals surface area contributed by atoms with Crippen molar-refractivity contribution in [3.63, 3.8) is 0 Å². The molecule has 34 heavy (non-hydrogen) atoms. The Balaban J connectivity index is 1.55. The van der Waals surface area contributed by atoms with Crippen LogP contribution in [0, 0.1) is 5.82 Å². The molecule has 1 atom stereocenters. The van der Waals surface area contributed by atoms with Crippen LogP contribution in [0.2, 0.25) is 0 Å². The van der Waals surface area contributed by atoms with Gasteiger partial charge in [0.25, 0.3) is 11.8 Å². The largest absolute Gasteiger partial charge is 0.494 e. The van der Waals surface area contributed by atoms with Gasteiger partial charge in [-0.05, 0) is 23.8 Å². The van der Waals surface area contributed by atoms with E-state index < -0.39 is 35.2 Å². The van der Waals surface area contributed by atoms with Crippen molar-refractivity contribution in [2.75, 3.05) is 20.8 Å². The molecule has 0 saturated carbocycles. The number of hydrogen-bond donors (Lipinski definition) is 2. The SMILES string of the molecule is COC(=O)c1ccc2oc([C@]3(CN4Cc5ccc(OC)c(F)c5C4=O)NC(=O)NC3=O)cc2n1. The average Bonchev–Trinajstić information content (AvgIpc) is 3.47. The van der Waals surface area contributed by atoms with Gasteiger partial charge in [-0.3, -0.25) is 14.9 Å². The van der Waals surface area contributed by atoms with Crippen molar-refractivity contribution in [3.8, 4) is 5.75 Å². The highest BCUT2D eigenvalue weighted by Crippen LogP contribution is 2.36. The highest BCUT2D eigenvalue weighted by atomic mass is 19.1. The van der Waals surface area contributed by atoms with Crippen LogP contribution in [-0.2, 0) is 21.6 Å². The predicted octanol–water partition coefficient (Wildman–Crippen LogP) is 1.45. The van der Waals surface area contributed by atoms with Gasteiger partial charge < -0.3 is 24.1 Å². The quantitative estimate of drug-likeness (QED) is 0.424. The Morgan fingerprint density at radius 2 is 2.03 bits per heavy atom. The van der Waals surface area contributed by atoms with Gasteiger partial charge in [-0.25, -0.2) is 19.0 Å². The topological polar surface area (TPSA) is 140 Å². The molecule has 4 heterocycles. The third-order valence-electron chi connectivity index (χ3n) is 5.83. The Hall–Kier alpha value is -4.48. The molecule has 4 amide bonds. The summed E-state index contributed by atoms with van der Waals surface area (Å²) in [5.74, 6) is -2.98. The van der Waals surface area contributed by atoms with Gasteiger partial charge >= 0.3 is 12.0 Å². The average molecular weight is 468 g/mol. The molecule has 1 saturated heterocycles. The predicted molar refractivity (Wildman–Crippen MR) is 111 cm³/mol. The van der Waals surface area contributed by atoms with E-state index in [9.17, 15) is 23.6 Å². The molecule has 2 aliphatic heterocycles. The fraction of sp³-hybridized carbons (Fsp3) is 0.227. The molecule has 0 radical (unpaired) electrons. The third kappa shape index (κ3) is 3.06. The minimum absolute atomic E-state index is 0.00491. The van der Waals surface area contributed by atoms with Crippen LogP contribution in [0.4, 0.5) is 9.18 Å². The number of furan rings is 1. The van der Waals surface area contributed by atoms with E-state index in [1.165, 1.54) is 43.4 Å². The minimum Gasteiger partial charge on any atom is -0.494 e. The number of esters is 1. The zero-order chi connectivity index (χ0) is 24.2. The fourth-order valence-electron chi connectivity index (χ4n) is 4.17. The summed E-state index contributed by atoms with van der Waals surface area (Å²) in [7, 11) is 2.50. The number of imide groups is 1. The molecule has 174 valence electrons. The van der Waals surface area contributed by atoms with E-state index >= 15 is 0 Å². The van der Waals surface area contributed by atoms with Crippen LogP contribution >= 0.6 is 0 Å². The molecule has 11 nitrogen and oxygen atoms in total. The van der Waals surface area contributed by atoms with Gasteiger partial charge in [0.2, 0.25) is 0 Å². The number of nitrogens with one attached hydrogen (secondary N) is 2. The number of fused-ring (bicyclic) bond motifs is 2. The van der Waals surface area contributed by atoms with E-state index in [1.807, 2.05) is 0 Å². The van der Waals surface area contributed by atoms with Gasteiger partial charge in [0.1, 0.15) is 17.0 Å². The lowest BCUT2D eigenvalue weighted by Gasteiger charge is -2.28. The summed E-state index contributed by atoms with van der Waals surface area (Å²) in [6, 6.07) is 6.44. The Bertz CT molecular complexity index is 1400. The number of hydrogen-bond acceptors (Lipinski definition) is 8. The molecule has 2 aromatic heterocycles. The second-order valence-electron chi connectivity index (χ2n) is 7.77. The van der Waals surface area contributed by atoms with E-state index in [4.69, 9.17) is 9.15 Å². The molecule has 0 unspecified atom stereocenters. The molecule has 5 rings (SSSR count). The summed E-state index contributed by atoms with van der Waals surface area (Å²) in [6.07, 6.45) is 0. The number of urea groups is 1. The summed E-state index contributed by atoms with van der Waals surface area (Å²) in [5, 5.41) is 4.68. The molecule has 2 N–H and O–H groups in total. The summed E-state index contributed by atoms with van der Waals surface area (Å²) in [5.41, 5.74) is -1.06. The first-order valence-corrected chi connectivity index (χ1v) is 10.0. The van der Waals surface area contributed by atoms with Crippen molar-refractivity contribution in [2.45, 2.75) is 12.1 Å². The molecular formula is C22H17FN4O7. The van der Waals surface area contributed by atoms with Crippen LogP contribution in [0.5, 0.6) is 5.75 Å². The summed E-state index contributed by atoms with van der Waals surface area (Å²) in [4.78, 5) is 55.3. The molecular weight excluding hydrogens is 451 g/mol.